The molecule has 272 valence electrons. The average Bonchev–Trinajstić information content (AvgIpc) is 3.29. The van der Waals surface area contributed by atoms with Gasteiger partial charge in [-0.2, -0.15) is 22.0 Å². The Bertz CT molecular complexity index is 1380. The Kier molecular flexibility index (Phi) is 12.7. The summed E-state index contributed by atoms with van der Waals surface area (Å²) in [5, 5.41) is 0. The first-order valence-corrected chi connectivity index (χ1v) is 19.4. The van der Waals surface area contributed by atoms with Crippen molar-refractivity contribution in [2.45, 2.75) is 141 Å². The number of sulfone groups is 1. The Hall–Kier alpha value is -2.24. The zero-order valence-corrected chi connectivity index (χ0v) is 29.2. The van der Waals surface area contributed by atoms with Crippen LogP contribution in [0.1, 0.15) is 128 Å². The van der Waals surface area contributed by atoms with Gasteiger partial charge in [-0.3, -0.25) is 9.59 Å². The summed E-state index contributed by atoms with van der Waals surface area (Å²) in [7, 11) is -3.67. The number of alkyl halides is 5. The number of ether oxygens (including phenoxy) is 2. The molecule has 1 aromatic carbocycles. The fraction of sp³-hybridized carbons (Fsp3) is 0.778. The third-order valence-electron chi connectivity index (χ3n) is 11.2. The molecular formula is C36H51F5O6S. The van der Waals surface area contributed by atoms with E-state index in [4.69, 9.17) is 9.47 Å². The Morgan fingerprint density at radius 2 is 1.52 bits per heavy atom. The lowest BCUT2D eigenvalue weighted by molar-refractivity contribution is -0.284. The molecule has 0 heterocycles. The second kappa shape index (κ2) is 15.8. The van der Waals surface area contributed by atoms with Gasteiger partial charge < -0.3 is 9.47 Å². The van der Waals surface area contributed by atoms with E-state index < -0.39 is 40.5 Å². The van der Waals surface area contributed by atoms with Crippen LogP contribution in [0.5, 0.6) is 5.75 Å². The number of unbranched alkanes of at least 4 members (excludes halogenated alkanes) is 6. The van der Waals surface area contributed by atoms with Gasteiger partial charge in [-0.15, -0.1) is 0 Å². The number of carbonyl (C=O) groups is 2. The van der Waals surface area contributed by atoms with E-state index in [9.17, 15) is 40.0 Å². The maximum atomic E-state index is 13.0. The van der Waals surface area contributed by atoms with Crippen LogP contribution in [0, 0.1) is 23.2 Å². The first-order valence-electron chi connectivity index (χ1n) is 17.6. The molecule has 0 unspecified atom stereocenters. The van der Waals surface area contributed by atoms with Crippen LogP contribution in [0.15, 0.2) is 18.2 Å². The maximum Gasteiger partial charge on any atom is 0.453 e. The minimum absolute atomic E-state index is 0.0633. The molecule has 6 nitrogen and oxygen atoms in total. The zero-order chi connectivity index (χ0) is 35.3. The maximum absolute atomic E-state index is 13.0. The number of rotatable bonds is 16. The van der Waals surface area contributed by atoms with Gasteiger partial charge in [0, 0.05) is 25.7 Å². The van der Waals surface area contributed by atoms with Crippen molar-refractivity contribution < 1.29 is 49.4 Å². The monoisotopic (exact) mass is 706 g/mol. The van der Waals surface area contributed by atoms with E-state index in [1.807, 2.05) is 12.1 Å². The van der Waals surface area contributed by atoms with Crippen LogP contribution in [-0.2, 0) is 30.6 Å². The normalized spacial score (nSPS) is 27.1. The lowest BCUT2D eigenvalue weighted by Crippen LogP contribution is -2.48. The fourth-order valence-electron chi connectivity index (χ4n) is 9.09. The van der Waals surface area contributed by atoms with Gasteiger partial charge in [-0.25, -0.2) is 8.42 Å². The summed E-state index contributed by atoms with van der Waals surface area (Å²) < 4.78 is 98.5. The number of carbonyl (C=O) groups excluding carboxylic acids is 2. The van der Waals surface area contributed by atoms with E-state index in [2.05, 4.69) is 13.0 Å². The Morgan fingerprint density at radius 3 is 2.17 bits per heavy atom. The van der Waals surface area contributed by atoms with Crippen molar-refractivity contribution in [3.05, 3.63) is 29.3 Å². The minimum Gasteiger partial charge on any atom is -0.462 e. The predicted molar refractivity (Wildman–Crippen MR) is 173 cm³/mol. The summed E-state index contributed by atoms with van der Waals surface area (Å²) in [5.74, 6) is -3.92. The second-order valence-electron chi connectivity index (χ2n) is 14.7. The topological polar surface area (TPSA) is 86.7 Å². The molecule has 0 spiro atoms. The molecule has 2 saturated carbocycles. The molecule has 0 radical (unpaired) electrons. The summed E-state index contributed by atoms with van der Waals surface area (Å²) in [5.41, 5.74) is 2.54. The van der Waals surface area contributed by atoms with Gasteiger partial charge in [-0.05, 0) is 98.3 Å². The van der Waals surface area contributed by atoms with Crippen LogP contribution in [0.4, 0.5) is 22.0 Å². The lowest BCUT2D eigenvalue weighted by Gasteiger charge is -2.54. The number of hydrogen-bond acceptors (Lipinski definition) is 6. The van der Waals surface area contributed by atoms with E-state index in [1.165, 1.54) is 25.0 Å². The Balaban J connectivity index is 1.26. The van der Waals surface area contributed by atoms with Crippen molar-refractivity contribution in [1.82, 2.24) is 0 Å². The van der Waals surface area contributed by atoms with E-state index >= 15 is 0 Å². The molecule has 2 fully saturated rings. The van der Waals surface area contributed by atoms with E-state index in [-0.39, 0.29) is 29.2 Å². The molecule has 0 N–H and O–H groups in total. The first kappa shape index (κ1) is 38.6. The van der Waals surface area contributed by atoms with Crippen molar-refractivity contribution >= 4 is 21.8 Å². The lowest BCUT2D eigenvalue weighted by atomic mass is 9.51. The largest absolute Gasteiger partial charge is 0.462 e. The second-order valence-corrected chi connectivity index (χ2v) is 17.0. The van der Waals surface area contributed by atoms with Gasteiger partial charge in [0.15, 0.2) is 0 Å². The predicted octanol–water partition coefficient (Wildman–Crippen LogP) is 9.14. The van der Waals surface area contributed by atoms with Gasteiger partial charge in [-0.1, -0.05) is 51.5 Å². The molecule has 3 aliphatic rings. The first-order chi connectivity index (χ1) is 22.4. The highest BCUT2D eigenvalue weighted by Crippen LogP contribution is 2.64. The molecule has 48 heavy (non-hydrogen) atoms. The average molecular weight is 707 g/mol. The summed E-state index contributed by atoms with van der Waals surface area (Å²) in [6.45, 7) is 5.21. The van der Waals surface area contributed by atoms with Crippen LogP contribution >= 0.6 is 0 Å². The van der Waals surface area contributed by atoms with Crippen LogP contribution in [-0.4, -0.2) is 50.1 Å². The van der Waals surface area contributed by atoms with E-state index in [1.54, 1.807) is 0 Å². The third kappa shape index (κ3) is 9.50. The number of esters is 2. The summed E-state index contributed by atoms with van der Waals surface area (Å²) in [4.78, 5) is 23.6. The number of benzene rings is 1. The van der Waals surface area contributed by atoms with E-state index in [0.717, 1.165) is 70.6 Å². The number of aryl methyl sites for hydroxylation is 1. The van der Waals surface area contributed by atoms with Crippen molar-refractivity contribution in [1.29, 1.82) is 0 Å². The molecule has 6 atom stereocenters. The molecule has 0 saturated heterocycles. The molecule has 12 heteroatoms. The van der Waals surface area contributed by atoms with Gasteiger partial charge >= 0.3 is 24.0 Å². The van der Waals surface area contributed by atoms with Gasteiger partial charge in [0.05, 0.1) is 11.5 Å². The standard InChI is InChI=1S/C36H51F5O6S/c1-24(42)46-28-14-16-29-26(22-28)13-15-30-31-17-18-32(47-25(2)43)34(31,3)23-27(33(29)30)12-9-7-5-4-6-8-10-20-48(44,45)21-11-19-35(37,38)36(39,40)41/h14,16,22,27,30-33H,4-13,15,17-21,23H2,1-3H3/t27-,30-,31-,32-,33+,34-/m0/s1. The smallest absolute Gasteiger partial charge is 0.453 e. The number of fused-ring (bicyclic) bond motifs is 5. The van der Waals surface area contributed by atoms with Gasteiger partial charge in [0.2, 0.25) is 0 Å². The SMILES string of the molecule is CC(=O)Oc1ccc2c(c1)CC[C@@H]1[C@@H]2[C@@H](CCCCCCCCCS(=O)(=O)CCCC(F)(F)C(F)(F)F)C[C@]2(C)[C@@H](OC(C)=O)CC[C@@H]12. The molecule has 1 aromatic rings. The van der Waals surface area contributed by atoms with Crippen molar-refractivity contribution in [2.24, 2.45) is 23.2 Å². The van der Waals surface area contributed by atoms with E-state index in [0.29, 0.717) is 42.3 Å². The Morgan fingerprint density at radius 1 is 0.875 bits per heavy atom. The molecule has 0 aliphatic heterocycles. The van der Waals surface area contributed by atoms with Crippen LogP contribution in [0.2, 0.25) is 0 Å². The molecule has 0 bridgehead atoms. The highest BCUT2D eigenvalue weighted by atomic mass is 32.2. The summed E-state index contributed by atoms with van der Waals surface area (Å²) >= 11 is 0. The number of halogens is 5. The highest BCUT2D eigenvalue weighted by molar-refractivity contribution is 7.91. The Labute approximate surface area is 281 Å². The third-order valence-corrected chi connectivity index (χ3v) is 13.0. The van der Waals surface area contributed by atoms with Gasteiger partial charge in [0.1, 0.15) is 21.7 Å². The quantitative estimate of drug-likeness (QED) is 0.0738. The fourth-order valence-corrected chi connectivity index (χ4v) is 10.5. The van der Waals surface area contributed by atoms with Crippen molar-refractivity contribution in [3.8, 4) is 5.75 Å². The van der Waals surface area contributed by atoms with Gasteiger partial charge in [0.25, 0.3) is 0 Å². The molecular weight excluding hydrogens is 655 g/mol. The van der Waals surface area contributed by atoms with Crippen molar-refractivity contribution in [2.75, 3.05) is 11.5 Å². The molecule has 4 rings (SSSR count). The van der Waals surface area contributed by atoms with Crippen LogP contribution in [0.25, 0.3) is 0 Å². The van der Waals surface area contributed by atoms with Crippen LogP contribution < -0.4 is 4.74 Å². The molecule has 0 aromatic heterocycles. The zero-order valence-electron chi connectivity index (χ0n) is 28.4. The van der Waals surface area contributed by atoms with Crippen molar-refractivity contribution in [3.63, 3.8) is 0 Å². The minimum atomic E-state index is -5.67. The summed E-state index contributed by atoms with van der Waals surface area (Å²) in [6.07, 6.45) is 3.87. The number of hydrogen-bond donors (Lipinski definition) is 0. The van der Waals surface area contributed by atoms with Crippen LogP contribution in [0.3, 0.4) is 0 Å². The molecule has 3 aliphatic carbocycles. The highest BCUT2D eigenvalue weighted by Gasteiger charge is 2.59. The summed E-state index contributed by atoms with van der Waals surface area (Å²) in [6, 6.07) is 6.07. The molecule has 0 amide bonds.